The normalized spacial score (nSPS) is 11.6. The molecule has 12 aromatic rings. The second-order valence-electron chi connectivity index (χ2n) is 17.1. The molecule has 12 aromatic carbocycles. The molecule has 0 spiro atoms. The molecule has 0 saturated carbocycles. The molecule has 12 rings (SSSR count). The molecule has 0 N–H and O–H groups in total. The van der Waals surface area contributed by atoms with Crippen LogP contribution in [0.5, 0.6) is 0 Å². The molecule has 0 heterocycles. The van der Waals surface area contributed by atoms with Gasteiger partial charge in [-0.2, -0.15) is 0 Å². The molecule has 0 amide bonds. The first-order valence-electron chi connectivity index (χ1n) is 22.8. The lowest BCUT2D eigenvalue weighted by Gasteiger charge is -2.19. The molecule has 0 aliphatic heterocycles. The number of rotatable bonds is 8. The Labute approximate surface area is 386 Å². The molecular weight excluding hydrogens is 793 g/mol. The molecule has 0 atom stereocenters. The van der Waals surface area contributed by atoms with Crippen LogP contribution in [0.3, 0.4) is 0 Å². The topological polar surface area (TPSA) is 0 Å². The summed E-state index contributed by atoms with van der Waals surface area (Å²) < 4.78 is 0. The van der Waals surface area contributed by atoms with Crippen LogP contribution in [-0.2, 0) is 0 Å². The lowest BCUT2D eigenvalue weighted by atomic mass is 9.84. The largest absolute Gasteiger partial charge is 0.0622 e. The summed E-state index contributed by atoms with van der Waals surface area (Å²) in [5.41, 5.74) is 17.1. The Hall–Kier alpha value is -8.58. The Kier molecular flexibility index (Phi) is 9.97. The average molecular weight is 837 g/mol. The van der Waals surface area contributed by atoms with E-state index in [1.807, 2.05) is 0 Å². The summed E-state index contributed by atoms with van der Waals surface area (Å²) >= 11 is 0. The van der Waals surface area contributed by atoms with Gasteiger partial charge < -0.3 is 0 Å². The third-order valence-corrected chi connectivity index (χ3v) is 13.3. The van der Waals surface area contributed by atoms with Crippen molar-refractivity contribution in [1.29, 1.82) is 0 Å². The minimum atomic E-state index is 1.15. The Morgan fingerprint density at radius 1 is 0.197 bits per heavy atom. The van der Waals surface area contributed by atoms with Crippen LogP contribution in [0.25, 0.3) is 122 Å². The van der Waals surface area contributed by atoms with Crippen LogP contribution in [0.15, 0.2) is 255 Å². The summed E-state index contributed by atoms with van der Waals surface area (Å²) in [6.45, 7) is 0. The zero-order chi connectivity index (χ0) is 43.8. The van der Waals surface area contributed by atoms with Crippen LogP contribution in [-0.4, -0.2) is 0 Å². The van der Waals surface area contributed by atoms with Crippen molar-refractivity contribution in [3.63, 3.8) is 0 Å². The van der Waals surface area contributed by atoms with Gasteiger partial charge in [0.15, 0.2) is 0 Å². The molecule has 66 heavy (non-hydrogen) atoms. The van der Waals surface area contributed by atoms with Gasteiger partial charge in [-0.15, -0.1) is 0 Å². The van der Waals surface area contributed by atoms with Crippen molar-refractivity contribution in [2.75, 3.05) is 0 Å². The van der Waals surface area contributed by atoms with Crippen molar-refractivity contribution >= 4 is 55.2 Å². The molecule has 0 aromatic heterocycles. The van der Waals surface area contributed by atoms with E-state index in [2.05, 4.69) is 267 Å². The van der Waals surface area contributed by atoms with E-state index in [0.29, 0.717) is 0 Å². The molecule has 0 aliphatic rings. The highest BCUT2D eigenvalue weighted by molar-refractivity contribution is 6.23. The third kappa shape index (κ3) is 6.97. The highest BCUT2D eigenvalue weighted by Crippen LogP contribution is 2.47. The van der Waals surface area contributed by atoms with E-state index < -0.39 is 0 Å². The molecular formula is C66H44. The minimum Gasteiger partial charge on any atom is -0.0622 e. The monoisotopic (exact) mass is 836 g/mol. The van der Waals surface area contributed by atoms with E-state index >= 15 is 0 Å². The third-order valence-electron chi connectivity index (χ3n) is 13.3. The van der Waals surface area contributed by atoms with Crippen LogP contribution in [0.4, 0.5) is 0 Å². The molecule has 0 nitrogen and oxygen atoms in total. The smallest absolute Gasteiger partial charge is 0.00262 e. The van der Waals surface area contributed by atoms with E-state index in [4.69, 9.17) is 0 Å². The maximum Gasteiger partial charge on any atom is -0.00262 e. The predicted molar refractivity (Wildman–Crippen MR) is 284 cm³/mol. The fraction of sp³-hybridized carbons (Fsp3) is 0. The van der Waals surface area contributed by atoms with Gasteiger partial charge in [-0.25, -0.2) is 0 Å². The Morgan fingerprint density at radius 3 is 0.985 bits per heavy atom. The van der Waals surface area contributed by atoms with Crippen molar-refractivity contribution in [3.8, 4) is 66.8 Å². The fourth-order valence-corrected chi connectivity index (χ4v) is 10.2. The second-order valence-corrected chi connectivity index (χ2v) is 17.1. The van der Waals surface area contributed by atoms with E-state index in [1.165, 1.54) is 115 Å². The van der Waals surface area contributed by atoms with Crippen molar-refractivity contribution in [2.45, 2.75) is 0 Å². The van der Waals surface area contributed by atoms with Gasteiger partial charge in [-0.05, 0) is 133 Å². The summed E-state index contributed by atoms with van der Waals surface area (Å²) in [6.07, 6.45) is 4.51. The lowest BCUT2D eigenvalue weighted by molar-refractivity contribution is 1.60. The predicted octanol–water partition coefficient (Wildman–Crippen LogP) is 18.5. The number of hydrogen-bond donors (Lipinski definition) is 0. The van der Waals surface area contributed by atoms with E-state index in [0.717, 1.165) is 5.56 Å². The van der Waals surface area contributed by atoms with Gasteiger partial charge in [-0.1, -0.05) is 255 Å². The first kappa shape index (κ1) is 39.0. The van der Waals surface area contributed by atoms with Crippen molar-refractivity contribution in [2.24, 2.45) is 0 Å². The van der Waals surface area contributed by atoms with Gasteiger partial charge in [0.25, 0.3) is 0 Å². The second kappa shape index (κ2) is 16.8. The molecule has 0 unspecified atom stereocenters. The highest BCUT2D eigenvalue weighted by Gasteiger charge is 2.19. The van der Waals surface area contributed by atoms with Crippen molar-refractivity contribution in [1.82, 2.24) is 0 Å². The molecule has 0 bridgehead atoms. The van der Waals surface area contributed by atoms with Crippen LogP contribution >= 0.6 is 0 Å². The number of hydrogen-bond acceptors (Lipinski definition) is 0. The lowest BCUT2D eigenvalue weighted by Crippen LogP contribution is -1.92. The van der Waals surface area contributed by atoms with Crippen molar-refractivity contribution < 1.29 is 0 Å². The van der Waals surface area contributed by atoms with E-state index in [1.54, 1.807) is 0 Å². The quantitative estimate of drug-likeness (QED) is 0.106. The van der Waals surface area contributed by atoms with Gasteiger partial charge in [0.2, 0.25) is 0 Å². The van der Waals surface area contributed by atoms with Gasteiger partial charge >= 0.3 is 0 Å². The number of fused-ring (bicyclic) bond motifs is 4. The van der Waals surface area contributed by atoms with Crippen LogP contribution in [0.2, 0.25) is 0 Å². The molecule has 0 saturated heterocycles. The van der Waals surface area contributed by atoms with Crippen LogP contribution in [0, 0.1) is 0 Å². The summed E-state index contributed by atoms with van der Waals surface area (Å²) in [4.78, 5) is 0. The van der Waals surface area contributed by atoms with Gasteiger partial charge in [0.1, 0.15) is 0 Å². The van der Waals surface area contributed by atoms with Gasteiger partial charge in [0.05, 0.1) is 0 Å². The summed E-state index contributed by atoms with van der Waals surface area (Å²) in [6, 6.07) is 93.0. The Balaban J connectivity index is 0.933. The Bertz CT molecular complexity index is 3750. The van der Waals surface area contributed by atoms with Gasteiger partial charge in [0, 0.05) is 0 Å². The SMILES string of the molecule is C(=Cc1ccccc1-c1ccc2c(-c3ccccc3)c3ccccc3c(-c3ccccc3)c2c1)c1ccc(-c2ccc3c(-c4ccccc4)c4ccccc4c(-c4ccccc4)c3c2)cc1. The average Bonchev–Trinajstić information content (AvgIpc) is 3.39. The van der Waals surface area contributed by atoms with Gasteiger partial charge in [-0.3, -0.25) is 0 Å². The standard InChI is InChI=1S/C66H44/c1-5-20-48(21-6-1)63-55-29-15-17-31-57(55)65(50-24-9-3-10-25-50)61-43-52(39-41-59(61)63)46-36-33-45(34-37-46)35-38-47-19-13-14-28-54(47)53-40-42-60-62(44-53)66(51-26-11-4-12-27-51)58-32-18-16-30-56(58)64(60)49-22-7-2-8-23-49/h1-44H. The minimum absolute atomic E-state index is 1.15. The first-order valence-corrected chi connectivity index (χ1v) is 22.8. The summed E-state index contributed by atoms with van der Waals surface area (Å²) in [7, 11) is 0. The molecule has 0 heteroatoms. The molecule has 0 aliphatic carbocycles. The Morgan fingerprint density at radius 2 is 0.530 bits per heavy atom. The molecule has 308 valence electrons. The first-order chi connectivity index (χ1) is 32.8. The fourth-order valence-electron chi connectivity index (χ4n) is 10.2. The number of benzene rings is 12. The zero-order valence-corrected chi connectivity index (χ0v) is 36.4. The van der Waals surface area contributed by atoms with Crippen molar-refractivity contribution in [3.05, 3.63) is 266 Å². The maximum atomic E-state index is 2.41. The van der Waals surface area contributed by atoms with Crippen LogP contribution < -0.4 is 0 Å². The van der Waals surface area contributed by atoms with E-state index in [9.17, 15) is 0 Å². The zero-order valence-electron chi connectivity index (χ0n) is 36.4. The summed E-state index contributed by atoms with van der Waals surface area (Å²) in [5, 5.41) is 10.1. The maximum absolute atomic E-state index is 2.41. The summed E-state index contributed by atoms with van der Waals surface area (Å²) in [5.74, 6) is 0. The van der Waals surface area contributed by atoms with Crippen LogP contribution in [0.1, 0.15) is 11.1 Å². The van der Waals surface area contributed by atoms with E-state index in [-0.39, 0.29) is 0 Å². The molecule has 0 fully saturated rings. The highest BCUT2D eigenvalue weighted by atomic mass is 14.2. The molecule has 0 radical (unpaired) electrons.